The number of halogens is 4. The summed E-state index contributed by atoms with van der Waals surface area (Å²) in [7, 11) is 0. The molecular formula is C31H37F4N3O6. The maximum atomic E-state index is 16.5. The highest BCUT2D eigenvalue weighted by molar-refractivity contribution is 6.03. The number of esters is 1. The summed E-state index contributed by atoms with van der Waals surface area (Å²) < 4.78 is 69.0. The molecule has 1 heterocycles. The van der Waals surface area contributed by atoms with E-state index in [1.54, 1.807) is 30.3 Å². The largest absolute Gasteiger partial charge is 0.487 e. The summed E-state index contributed by atoms with van der Waals surface area (Å²) >= 11 is 0. The number of nitrogens with zero attached hydrogens (tertiary/aromatic N) is 2. The Morgan fingerprint density at radius 2 is 1.73 bits per heavy atom. The van der Waals surface area contributed by atoms with Crippen LogP contribution < -0.4 is 19.9 Å². The number of alkyl halides is 3. The van der Waals surface area contributed by atoms with E-state index in [4.69, 9.17) is 9.47 Å². The highest BCUT2D eigenvalue weighted by Gasteiger charge is 2.47. The van der Waals surface area contributed by atoms with Crippen molar-refractivity contribution < 1.29 is 46.5 Å². The van der Waals surface area contributed by atoms with Crippen molar-refractivity contribution >= 4 is 29.3 Å². The number of fused-ring (bicyclic) bond motifs is 1. The summed E-state index contributed by atoms with van der Waals surface area (Å²) in [5, 5.41) is 13.4. The number of nitrogens with one attached hydrogen (secondary N) is 1. The molecule has 0 radical (unpaired) electrons. The second kappa shape index (κ2) is 13.4. The lowest BCUT2D eigenvalue weighted by Gasteiger charge is -2.28. The van der Waals surface area contributed by atoms with Crippen molar-refractivity contribution in [2.45, 2.75) is 77.3 Å². The van der Waals surface area contributed by atoms with Gasteiger partial charge in [0.25, 0.3) is 0 Å². The lowest BCUT2D eigenvalue weighted by Crippen LogP contribution is -2.46. The Balaban J connectivity index is 1.77. The van der Waals surface area contributed by atoms with Gasteiger partial charge in [-0.3, -0.25) is 19.4 Å². The molecule has 9 nitrogen and oxygen atoms in total. The maximum absolute atomic E-state index is 16.5. The first-order valence-corrected chi connectivity index (χ1v) is 14.5. The Hall–Kier alpha value is -3.87. The van der Waals surface area contributed by atoms with Crippen LogP contribution in [-0.2, 0) is 27.4 Å². The molecule has 1 aliphatic heterocycles. The standard InChI is InChI=1S/C31H37F4N3O6/c1-30(2,3)44-25(39)17-37(28(40)31(33,34)35)27-24(43-18-20-11-5-4-6-12-20)14-23-22(26(27)32)13-21(38(23)29(41)42)16-36-15-19-9-7-8-10-19/h4-6,11-12,14,19,21,36H,7-10,13,15-18H2,1-3H3,(H,41,42)/t21-/m1/s1. The number of rotatable bonds is 10. The van der Waals surface area contributed by atoms with Gasteiger partial charge in [-0.15, -0.1) is 0 Å². The molecule has 2 N–H and O–H groups in total. The van der Waals surface area contributed by atoms with E-state index >= 15 is 4.39 Å². The number of carboxylic acid groups (broad SMARTS) is 1. The van der Waals surface area contributed by atoms with E-state index in [2.05, 4.69) is 5.32 Å². The van der Waals surface area contributed by atoms with Crippen LogP contribution in [0.2, 0.25) is 0 Å². The number of hydrogen-bond donors (Lipinski definition) is 2. The van der Waals surface area contributed by atoms with E-state index in [1.807, 2.05) is 0 Å². The zero-order valence-corrected chi connectivity index (χ0v) is 24.9. The van der Waals surface area contributed by atoms with Crippen molar-refractivity contribution in [1.82, 2.24) is 5.32 Å². The molecule has 0 aromatic heterocycles. The molecule has 44 heavy (non-hydrogen) atoms. The highest BCUT2D eigenvalue weighted by atomic mass is 19.4. The van der Waals surface area contributed by atoms with Gasteiger partial charge in [0.05, 0.1) is 11.7 Å². The normalized spacial score (nSPS) is 17.0. The molecule has 1 aliphatic carbocycles. The van der Waals surface area contributed by atoms with Gasteiger partial charge in [-0.1, -0.05) is 43.2 Å². The van der Waals surface area contributed by atoms with Crippen LogP contribution in [-0.4, -0.2) is 60.5 Å². The van der Waals surface area contributed by atoms with E-state index < -0.39 is 59.6 Å². The third kappa shape index (κ3) is 7.99. The molecule has 240 valence electrons. The Morgan fingerprint density at radius 3 is 2.32 bits per heavy atom. The molecule has 2 aromatic carbocycles. The number of anilines is 2. The van der Waals surface area contributed by atoms with Crippen LogP contribution in [0.1, 0.15) is 57.6 Å². The van der Waals surface area contributed by atoms with Crippen LogP contribution >= 0.6 is 0 Å². The van der Waals surface area contributed by atoms with Crippen molar-refractivity contribution in [1.29, 1.82) is 0 Å². The highest BCUT2D eigenvalue weighted by Crippen LogP contribution is 2.45. The van der Waals surface area contributed by atoms with Crippen molar-refractivity contribution in [3.05, 3.63) is 53.3 Å². The molecule has 1 atom stereocenters. The van der Waals surface area contributed by atoms with Crippen molar-refractivity contribution in [2.24, 2.45) is 5.92 Å². The zero-order valence-electron chi connectivity index (χ0n) is 24.9. The molecule has 0 unspecified atom stereocenters. The van der Waals surface area contributed by atoms with E-state index in [0.29, 0.717) is 18.0 Å². The summed E-state index contributed by atoms with van der Waals surface area (Å²) in [6.45, 7) is 3.80. The number of ether oxygens (including phenoxy) is 2. The molecule has 0 bridgehead atoms. The number of carbonyl (C=O) groups is 3. The van der Waals surface area contributed by atoms with Crippen molar-refractivity contribution in [3.63, 3.8) is 0 Å². The van der Waals surface area contributed by atoms with Gasteiger partial charge in [-0.2, -0.15) is 13.2 Å². The van der Waals surface area contributed by atoms with Crippen LogP contribution in [0.5, 0.6) is 5.75 Å². The van der Waals surface area contributed by atoms with Gasteiger partial charge in [0.2, 0.25) is 0 Å². The van der Waals surface area contributed by atoms with Gasteiger partial charge in [0.1, 0.15) is 30.2 Å². The first kappa shape index (κ1) is 33.0. The Morgan fingerprint density at radius 1 is 1.07 bits per heavy atom. The minimum Gasteiger partial charge on any atom is -0.487 e. The minimum atomic E-state index is -5.48. The molecule has 2 aliphatic rings. The average molecular weight is 624 g/mol. The van der Waals surface area contributed by atoms with Crippen LogP contribution in [0.15, 0.2) is 36.4 Å². The fourth-order valence-electron chi connectivity index (χ4n) is 5.67. The Bertz CT molecular complexity index is 1360. The van der Waals surface area contributed by atoms with Gasteiger partial charge in [0, 0.05) is 18.2 Å². The fraction of sp³-hybridized carbons (Fsp3) is 0.516. The number of amides is 2. The Labute approximate surface area is 253 Å². The molecule has 2 amide bonds. The lowest BCUT2D eigenvalue weighted by atomic mass is 10.1. The van der Waals surface area contributed by atoms with Crippen LogP contribution in [0.4, 0.5) is 33.7 Å². The second-order valence-electron chi connectivity index (χ2n) is 12.1. The molecular weight excluding hydrogens is 586 g/mol. The maximum Gasteiger partial charge on any atom is 0.471 e. The van der Waals surface area contributed by atoms with Crippen molar-refractivity contribution in [2.75, 3.05) is 29.4 Å². The molecule has 2 aromatic rings. The Kier molecular flexibility index (Phi) is 10.1. The van der Waals surface area contributed by atoms with Gasteiger partial charge in [-0.05, 0) is 58.1 Å². The molecule has 4 rings (SSSR count). The minimum absolute atomic E-state index is 0.0409. The van der Waals surface area contributed by atoms with Gasteiger partial charge in [0.15, 0.2) is 5.82 Å². The fourth-order valence-corrected chi connectivity index (χ4v) is 5.67. The van der Waals surface area contributed by atoms with E-state index in [-0.39, 0.29) is 35.7 Å². The first-order valence-electron chi connectivity index (χ1n) is 14.5. The van der Waals surface area contributed by atoms with Crippen molar-refractivity contribution in [3.8, 4) is 5.75 Å². The summed E-state index contributed by atoms with van der Waals surface area (Å²) in [5.74, 6) is -5.07. The van der Waals surface area contributed by atoms with E-state index in [9.17, 15) is 32.7 Å². The van der Waals surface area contributed by atoms with E-state index in [1.165, 1.54) is 20.8 Å². The average Bonchev–Trinajstić information content (AvgIpc) is 3.58. The zero-order chi connectivity index (χ0) is 32.2. The predicted molar refractivity (Wildman–Crippen MR) is 154 cm³/mol. The SMILES string of the molecule is CC(C)(C)OC(=O)CN(C(=O)C(F)(F)F)c1c(OCc2ccccc2)cc2c(c1F)C[C@H](CNCC1CCCC1)N2C(=O)O. The summed E-state index contributed by atoms with van der Waals surface area (Å²) in [4.78, 5) is 38.7. The predicted octanol–water partition coefficient (Wildman–Crippen LogP) is 5.83. The first-order chi connectivity index (χ1) is 20.7. The third-order valence-electron chi connectivity index (χ3n) is 7.54. The topological polar surface area (TPSA) is 108 Å². The molecule has 0 saturated heterocycles. The van der Waals surface area contributed by atoms with E-state index in [0.717, 1.165) is 36.6 Å². The molecule has 1 fully saturated rings. The number of benzene rings is 2. The second-order valence-corrected chi connectivity index (χ2v) is 12.1. The van der Waals surface area contributed by atoms with Crippen LogP contribution in [0, 0.1) is 11.7 Å². The van der Waals surface area contributed by atoms with Gasteiger partial charge >= 0.3 is 24.1 Å². The third-order valence-corrected chi connectivity index (χ3v) is 7.54. The smallest absolute Gasteiger partial charge is 0.471 e. The van der Waals surface area contributed by atoms with Crippen LogP contribution in [0.3, 0.4) is 0 Å². The monoisotopic (exact) mass is 623 g/mol. The molecule has 13 heteroatoms. The number of carbonyl (C=O) groups excluding carboxylic acids is 2. The quantitative estimate of drug-likeness (QED) is 0.253. The summed E-state index contributed by atoms with van der Waals surface area (Å²) in [6, 6.07) is 8.80. The summed E-state index contributed by atoms with van der Waals surface area (Å²) in [5.41, 5.74) is -1.76. The molecule has 1 saturated carbocycles. The van der Waals surface area contributed by atoms with Gasteiger partial charge < -0.3 is 19.9 Å². The lowest BCUT2D eigenvalue weighted by molar-refractivity contribution is -0.171. The summed E-state index contributed by atoms with van der Waals surface area (Å²) in [6.07, 6.45) is -2.67. The van der Waals surface area contributed by atoms with Gasteiger partial charge in [-0.25, -0.2) is 9.18 Å². The molecule has 0 spiro atoms. The van der Waals surface area contributed by atoms with Crippen LogP contribution in [0.25, 0.3) is 0 Å². The number of hydrogen-bond acceptors (Lipinski definition) is 6.